The van der Waals surface area contributed by atoms with Crippen molar-refractivity contribution in [3.8, 4) is 0 Å². The molecule has 1 aliphatic rings. The summed E-state index contributed by atoms with van der Waals surface area (Å²) in [5.74, 6) is 0. The first-order valence-corrected chi connectivity index (χ1v) is 7.04. The number of para-hydroxylation sites is 1. The minimum Gasteiger partial charge on any atom is -0.368 e. The van der Waals surface area contributed by atoms with E-state index in [0.29, 0.717) is 0 Å². The highest BCUT2D eigenvalue weighted by Crippen LogP contribution is 2.46. The quantitative estimate of drug-likeness (QED) is 0.833. The van der Waals surface area contributed by atoms with Crippen molar-refractivity contribution in [1.29, 1.82) is 0 Å². The largest absolute Gasteiger partial charge is 0.368 e. The SMILES string of the molecule is BrCC1(CBr)Nc2ccccc2S1. The number of rotatable bonds is 2. The summed E-state index contributed by atoms with van der Waals surface area (Å²) in [5.41, 5.74) is 1.24. The van der Waals surface area contributed by atoms with E-state index in [1.165, 1.54) is 10.6 Å². The lowest BCUT2D eigenvalue weighted by Crippen LogP contribution is -2.34. The van der Waals surface area contributed by atoms with Crippen LogP contribution in [0.5, 0.6) is 0 Å². The van der Waals surface area contributed by atoms with E-state index < -0.39 is 0 Å². The molecule has 0 amide bonds. The van der Waals surface area contributed by atoms with Gasteiger partial charge in [-0.05, 0) is 12.1 Å². The number of fused-ring (bicyclic) bond motifs is 1. The molecular weight excluding hydrogens is 314 g/mol. The topological polar surface area (TPSA) is 12.0 Å². The number of alkyl halides is 2. The third kappa shape index (κ3) is 1.76. The number of nitrogens with one attached hydrogen (secondary N) is 1. The van der Waals surface area contributed by atoms with Gasteiger partial charge in [-0.15, -0.1) is 0 Å². The van der Waals surface area contributed by atoms with Crippen LogP contribution in [0.4, 0.5) is 5.69 Å². The first kappa shape index (κ1) is 9.87. The minimum absolute atomic E-state index is 0.0870. The van der Waals surface area contributed by atoms with Gasteiger partial charge >= 0.3 is 0 Å². The second kappa shape index (κ2) is 3.83. The smallest absolute Gasteiger partial charge is 0.108 e. The molecule has 1 aromatic carbocycles. The maximum absolute atomic E-state index is 3.54. The average Bonchev–Trinajstić information content (AvgIpc) is 2.57. The molecule has 0 saturated carbocycles. The van der Waals surface area contributed by atoms with Crippen molar-refractivity contribution in [2.75, 3.05) is 16.0 Å². The summed E-state index contributed by atoms with van der Waals surface area (Å²) in [7, 11) is 0. The Balaban J connectivity index is 2.30. The number of benzene rings is 1. The summed E-state index contributed by atoms with van der Waals surface area (Å²) in [6.07, 6.45) is 0. The molecular formula is C9H9Br2NS. The molecule has 0 radical (unpaired) electrons. The van der Waals surface area contributed by atoms with Crippen LogP contribution in [-0.4, -0.2) is 15.5 Å². The van der Waals surface area contributed by atoms with Crippen LogP contribution in [-0.2, 0) is 0 Å². The fraction of sp³-hybridized carbons (Fsp3) is 0.333. The molecule has 0 aromatic heterocycles. The van der Waals surface area contributed by atoms with Crippen molar-refractivity contribution in [2.24, 2.45) is 0 Å². The van der Waals surface area contributed by atoms with Gasteiger partial charge in [0.05, 0.1) is 0 Å². The van der Waals surface area contributed by atoms with E-state index in [1.54, 1.807) is 0 Å². The van der Waals surface area contributed by atoms with Crippen molar-refractivity contribution in [3.63, 3.8) is 0 Å². The van der Waals surface area contributed by atoms with Gasteiger partial charge in [0.25, 0.3) is 0 Å². The zero-order valence-corrected chi connectivity index (χ0v) is 10.9. The highest BCUT2D eigenvalue weighted by molar-refractivity contribution is 9.10. The first-order valence-electron chi connectivity index (χ1n) is 3.98. The fourth-order valence-electron chi connectivity index (χ4n) is 1.30. The average molecular weight is 323 g/mol. The van der Waals surface area contributed by atoms with Crippen LogP contribution in [0.15, 0.2) is 29.2 Å². The third-order valence-electron chi connectivity index (χ3n) is 1.99. The van der Waals surface area contributed by atoms with Crippen LogP contribution in [0, 0.1) is 0 Å². The molecule has 4 heteroatoms. The van der Waals surface area contributed by atoms with Gasteiger partial charge in [-0.3, -0.25) is 0 Å². The standard InChI is InChI=1S/C9H9Br2NS/c10-5-9(6-11)12-7-3-1-2-4-8(7)13-9/h1-4,12H,5-6H2. The molecule has 70 valence electrons. The van der Waals surface area contributed by atoms with E-state index in [-0.39, 0.29) is 4.87 Å². The molecule has 1 nitrogen and oxygen atoms in total. The second-order valence-electron chi connectivity index (χ2n) is 2.98. The van der Waals surface area contributed by atoms with E-state index >= 15 is 0 Å². The van der Waals surface area contributed by atoms with Gasteiger partial charge in [0.2, 0.25) is 0 Å². The Kier molecular flexibility index (Phi) is 2.91. The number of halogens is 2. The van der Waals surface area contributed by atoms with Crippen LogP contribution < -0.4 is 5.32 Å². The fourth-order valence-corrected chi connectivity index (χ4v) is 4.26. The normalized spacial score (nSPS) is 18.0. The zero-order valence-electron chi connectivity index (χ0n) is 6.89. The Morgan fingerprint density at radius 1 is 1.23 bits per heavy atom. The van der Waals surface area contributed by atoms with E-state index in [4.69, 9.17) is 0 Å². The van der Waals surface area contributed by atoms with Crippen molar-refractivity contribution in [2.45, 2.75) is 9.77 Å². The maximum atomic E-state index is 3.54. The Labute approximate surface area is 98.9 Å². The van der Waals surface area contributed by atoms with Crippen molar-refractivity contribution >= 4 is 49.3 Å². The molecule has 1 heterocycles. The molecule has 0 unspecified atom stereocenters. The summed E-state index contributed by atoms with van der Waals surface area (Å²) >= 11 is 8.96. The summed E-state index contributed by atoms with van der Waals surface area (Å²) < 4.78 is 0. The van der Waals surface area contributed by atoms with Crippen LogP contribution in [0.3, 0.4) is 0 Å². The van der Waals surface area contributed by atoms with Gasteiger partial charge in [0.1, 0.15) is 4.87 Å². The Morgan fingerprint density at radius 2 is 1.92 bits per heavy atom. The number of thioether (sulfide) groups is 1. The summed E-state index contributed by atoms with van der Waals surface area (Å²) in [6.45, 7) is 0. The Morgan fingerprint density at radius 3 is 2.54 bits per heavy atom. The zero-order chi connectivity index (χ0) is 9.31. The minimum atomic E-state index is 0.0870. The molecule has 0 saturated heterocycles. The molecule has 13 heavy (non-hydrogen) atoms. The second-order valence-corrected chi connectivity index (χ2v) is 5.53. The van der Waals surface area contributed by atoms with Crippen molar-refractivity contribution in [1.82, 2.24) is 0 Å². The molecule has 0 spiro atoms. The highest BCUT2D eigenvalue weighted by atomic mass is 79.9. The summed E-state index contributed by atoms with van der Waals surface area (Å²) in [6, 6.07) is 8.41. The lowest BCUT2D eigenvalue weighted by molar-refractivity contribution is 0.878. The van der Waals surface area contributed by atoms with Crippen molar-refractivity contribution in [3.05, 3.63) is 24.3 Å². The number of hydrogen-bond donors (Lipinski definition) is 1. The predicted octanol–water partition coefficient (Wildman–Crippen LogP) is 3.69. The van der Waals surface area contributed by atoms with Crippen LogP contribution in [0.1, 0.15) is 0 Å². The van der Waals surface area contributed by atoms with Crippen LogP contribution in [0.25, 0.3) is 0 Å². The molecule has 1 N–H and O–H groups in total. The molecule has 0 fully saturated rings. The molecule has 2 rings (SSSR count). The van der Waals surface area contributed by atoms with Gasteiger partial charge in [0.15, 0.2) is 0 Å². The highest BCUT2D eigenvalue weighted by Gasteiger charge is 2.35. The predicted molar refractivity (Wildman–Crippen MR) is 66.2 cm³/mol. The molecule has 0 bridgehead atoms. The van der Waals surface area contributed by atoms with Gasteiger partial charge in [-0.2, -0.15) is 0 Å². The van der Waals surface area contributed by atoms with Crippen LogP contribution in [0.2, 0.25) is 0 Å². The molecule has 1 aliphatic heterocycles. The van der Waals surface area contributed by atoms with E-state index in [9.17, 15) is 0 Å². The monoisotopic (exact) mass is 321 g/mol. The van der Waals surface area contributed by atoms with Crippen molar-refractivity contribution < 1.29 is 0 Å². The van der Waals surface area contributed by atoms with Gasteiger partial charge in [0, 0.05) is 21.2 Å². The summed E-state index contributed by atoms with van der Waals surface area (Å²) in [5, 5.41) is 5.39. The van der Waals surface area contributed by atoms with E-state index in [2.05, 4.69) is 61.4 Å². The van der Waals surface area contributed by atoms with Crippen LogP contribution >= 0.6 is 43.6 Å². The number of hydrogen-bond acceptors (Lipinski definition) is 2. The molecule has 0 aliphatic carbocycles. The first-order chi connectivity index (χ1) is 6.29. The van der Waals surface area contributed by atoms with Gasteiger partial charge in [-0.25, -0.2) is 0 Å². The van der Waals surface area contributed by atoms with Gasteiger partial charge < -0.3 is 5.32 Å². The molecule has 1 aromatic rings. The third-order valence-corrected chi connectivity index (χ3v) is 6.00. The summed E-state index contributed by atoms with van der Waals surface area (Å²) in [4.78, 5) is 1.42. The number of anilines is 1. The Hall–Kier alpha value is 0.330. The van der Waals surface area contributed by atoms with Gasteiger partial charge in [-0.1, -0.05) is 55.8 Å². The lowest BCUT2D eigenvalue weighted by Gasteiger charge is -2.23. The van der Waals surface area contributed by atoms with E-state index in [0.717, 1.165) is 10.7 Å². The van der Waals surface area contributed by atoms with E-state index in [1.807, 2.05) is 11.8 Å². The Bertz CT molecular complexity index is 285. The maximum Gasteiger partial charge on any atom is 0.108 e. The lowest BCUT2D eigenvalue weighted by atomic mass is 10.3. The molecule has 0 atom stereocenters.